The van der Waals surface area contributed by atoms with Crippen molar-refractivity contribution in [3.05, 3.63) is 29.3 Å². The molecule has 0 atom stereocenters. The first-order chi connectivity index (χ1) is 7.79. The summed E-state index contributed by atoms with van der Waals surface area (Å²) in [5.74, 6) is 0.907. The molecule has 0 bridgehead atoms. The van der Waals surface area contributed by atoms with Crippen LogP contribution in [-0.4, -0.2) is 19.8 Å². The second kappa shape index (κ2) is 7.25. The number of nitrogens with two attached hydrogens (primary N) is 1. The Bertz CT molecular complexity index is 313. The summed E-state index contributed by atoms with van der Waals surface area (Å²) < 4.78 is 11.1. The molecule has 1 rings (SSSR count). The summed E-state index contributed by atoms with van der Waals surface area (Å²) in [4.78, 5) is 0. The van der Waals surface area contributed by atoms with E-state index in [1.54, 1.807) is 0 Å². The number of aryl methyl sites for hydroxylation is 1. The van der Waals surface area contributed by atoms with E-state index in [0.717, 1.165) is 29.9 Å². The second-order valence-electron chi connectivity index (χ2n) is 3.73. The van der Waals surface area contributed by atoms with E-state index >= 15 is 0 Å². The molecule has 0 spiro atoms. The maximum absolute atomic E-state index is 5.70. The van der Waals surface area contributed by atoms with Gasteiger partial charge >= 0.3 is 0 Å². The number of ether oxygens (including phenoxy) is 2. The normalized spacial score (nSPS) is 10.4. The third kappa shape index (κ3) is 3.83. The van der Waals surface area contributed by atoms with Gasteiger partial charge in [-0.15, -0.1) is 0 Å². The van der Waals surface area contributed by atoms with Crippen LogP contribution in [0.4, 0.5) is 0 Å². The highest BCUT2D eigenvalue weighted by Crippen LogP contribution is 2.22. The van der Waals surface area contributed by atoms with Crippen LogP contribution >= 0.6 is 0 Å². The first kappa shape index (κ1) is 13.0. The number of para-hydroxylation sites is 1. The average Bonchev–Trinajstić information content (AvgIpc) is 2.30. The summed E-state index contributed by atoms with van der Waals surface area (Å²) in [6, 6.07) is 6.02. The number of rotatable bonds is 7. The third-order valence-electron chi connectivity index (χ3n) is 2.34. The molecule has 0 saturated heterocycles. The Balaban J connectivity index is 2.46. The Hall–Kier alpha value is -1.06. The van der Waals surface area contributed by atoms with Gasteiger partial charge in [-0.3, -0.25) is 0 Å². The van der Waals surface area contributed by atoms with Crippen molar-refractivity contribution in [1.82, 2.24) is 0 Å². The van der Waals surface area contributed by atoms with Gasteiger partial charge in [0.1, 0.15) is 12.4 Å². The van der Waals surface area contributed by atoms with Crippen LogP contribution < -0.4 is 10.5 Å². The van der Waals surface area contributed by atoms with E-state index in [-0.39, 0.29) is 0 Å². The van der Waals surface area contributed by atoms with Gasteiger partial charge in [-0.25, -0.2) is 0 Å². The van der Waals surface area contributed by atoms with Gasteiger partial charge in [0.25, 0.3) is 0 Å². The molecular weight excluding hydrogens is 202 g/mol. The van der Waals surface area contributed by atoms with E-state index in [1.165, 1.54) is 0 Å². The Morgan fingerprint density at radius 1 is 1.19 bits per heavy atom. The zero-order valence-electron chi connectivity index (χ0n) is 10.2. The summed E-state index contributed by atoms with van der Waals surface area (Å²) >= 11 is 0. The highest BCUT2D eigenvalue weighted by molar-refractivity contribution is 5.40. The predicted molar refractivity (Wildman–Crippen MR) is 65.7 cm³/mol. The molecule has 2 N–H and O–H groups in total. The molecule has 1 aromatic carbocycles. The maximum Gasteiger partial charge on any atom is 0.126 e. The molecule has 0 radical (unpaired) electrons. The van der Waals surface area contributed by atoms with Gasteiger partial charge in [-0.1, -0.05) is 25.1 Å². The van der Waals surface area contributed by atoms with Gasteiger partial charge in [0.15, 0.2) is 0 Å². The summed E-state index contributed by atoms with van der Waals surface area (Å²) in [6.45, 7) is 6.63. The first-order valence-corrected chi connectivity index (χ1v) is 5.78. The topological polar surface area (TPSA) is 44.5 Å². The van der Waals surface area contributed by atoms with Gasteiger partial charge in [0.05, 0.1) is 6.61 Å². The Labute approximate surface area is 97.6 Å². The van der Waals surface area contributed by atoms with Crippen molar-refractivity contribution < 1.29 is 9.47 Å². The van der Waals surface area contributed by atoms with Crippen molar-refractivity contribution in [2.45, 2.75) is 26.8 Å². The standard InChI is InChI=1S/C13H21NO2/c1-3-7-15-8-9-16-13-11(2)5-4-6-12(13)10-14/h4-6H,3,7-10,14H2,1-2H3. The highest BCUT2D eigenvalue weighted by atomic mass is 16.5. The van der Waals surface area contributed by atoms with E-state index in [1.807, 2.05) is 25.1 Å². The van der Waals surface area contributed by atoms with E-state index in [0.29, 0.717) is 19.8 Å². The van der Waals surface area contributed by atoms with Crippen LogP contribution in [0.5, 0.6) is 5.75 Å². The zero-order valence-corrected chi connectivity index (χ0v) is 10.2. The molecule has 0 amide bonds. The Morgan fingerprint density at radius 2 is 2.00 bits per heavy atom. The molecule has 0 aliphatic rings. The molecule has 90 valence electrons. The number of benzene rings is 1. The van der Waals surface area contributed by atoms with Gasteiger partial charge in [-0.2, -0.15) is 0 Å². The fourth-order valence-electron chi connectivity index (χ4n) is 1.53. The van der Waals surface area contributed by atoms with Crippen LogP contribution in [0.25, 0.3) is 0 Å². The Kier molecular flexibility index (Phi) is 5.90. The minimum atomic E-state index is 0.507. The number of hydrogen-bond donors (Lipinski definition) is 1. The summed E-state index contributed by atoms with van der Waals surface area (Å²) in [6.07, 6.45) is 1.04. The summed E-state index contributed by atoms with van der Waals surface area (Å²) in [5, 5.41) is 0. The fraction of sp³-hybridized carbons (Fsp3) is 0.538. The fourth-order valence-corrected chi connectivity index (χ4v) is 1.53. The third-order valence-corrected chi connectivity index (χ3v) is 2.34. The van der Waals surface area contributed by atoms with Crippen LogP contribution in [0, 0.1) is 6.92 Å². The lowest BCUT2D eigenvalue weighted by Gasteiger charge is -2.13. The van der Waals surface area contributed by atoms with Gasteiger partial charge in [-0.05, 0) is 18.9 Å². The molecule has 0 heterocycles. The van der Waals surface area contributed by atoms with Crippen molar-refractivity contribution in [1.29, 1.82) is 0 Å². The highest BCUT2D eigenvalue weighted by Gasteiger charge is 2.04. The van der Waals surface area contributed by atoms with Crippen LogP contribution in [-0.2, 0) is 11.3 Å². The first-order valence-electron chi connectivity index (χ1n) is 5.78. The van der Waals surface area contributed by atoms with Crippen LogP contribution in [0.1, 0.15) is 24.5 Å². The monoisotopic (exact) mass is 223 g/mol. The largest absolute Gasteiger partial charge is 0.491 e. The zero-order chi connectivity index (χ0) is 11.8. The van der Waals surface area contributed by atoms with Crippen LogP contribution in [0.3, 0.4) is 0 Å². The van der Waals surface area contributed by atoms with Gasteiger partial charge in [0.2, 0.25) is 0 Å². The molecule has 0 unspecified atom stereocenters. The van der Waals surface area contributed by atoms with E-state index in [2.05, 4.69) is 6.92 Å². The summed E-state index contributed by atoms with van der Waals surface area (Å²) in [5.41, 5.74) is 7.84. The van der Waals surface area contributed by atoms with Crippen molar-refractivity contribution in [3.63, 3.8) is 0 Å². The molecule has 0 fully saturated rings. The van der Waals surface area contributed by atoms with Crippen molar-refractivity contribution in [3.8, 4) is 5.75 Å². The lowest BCUT2D eigenvalue weighted by atomic mass is 10.1. The van der Waals surface area contributed by atoms with Crippen molar-refractivity contribution in [2.24, 2.45) is 5.73 Å². The minimum absolute atomic E-state index is 0.507. The molecule has 3 nitrogen and oxygen atoms in total. The number of hydrogen-bond acceptors (Lipinski definition) is 3. The molecule has 0 saturated carbocycles. The molecule has 0 aliphatic carbocycles. The molecule has 0 aliphatic heterocycles. The summed E-state index contributed by atoms with van der Waals surface area (Å²) in [7, 11) is 0. The average molecular weight is 223 g/mol. The molecule has 0 aromatic heterocycles. The SMILES string of the molecule is CCCOCCOc1c(C)cccc1CN. The Morgan fingerprint density at radius 3 is 2.69 bits per heavy atom. The quantitative estimate of drug-likeness (QED) is 0.721. The molecule has 16 heavy (non-hydrogen) atoms. The lowest BCUT2D eigenvalue weighted by molar-refractivity contribution is 0.100. The minimum Gasteiger partial charge on any atom is -0.491 e. The molecular formula is C13H21NO2. The van der Waals surface area contributed by atoms with Crippen molar-refractivity contribution >= 4 is 0 Å². The van der Waals surface area contributed by atoms with Crippen molar-refractivity contribution in [2.75, 3.05) is 19.8 Å². The predicted octanol–water partition coefficient (Wildman–Crippen LogP) is 2.26. The maximum atomic E-state index is 5.70. The van der Waals surface area contributed by atoms with Crippen LogP contribution in [0.15, 0.2) is 18.2 Å². The second-order valence-corrected chi connectivity index (χ2v) is 3.73. The molecule has 3 heteroatoms. The van der Waals surface area contributed by atoms with E-state index < -0.39 is 0 Å². The van der Waals surface area contributed by atoms with E-state index in [4.69, 9.17) is 15.2 Å². The van der Waals surface area contributed by atoms with E-state index in [9.17, 15) is 0 Å². The smallest absolute Gasteiger partial charge is 0.126 e. The van der Waals surface area contributed by atoms with Gasteiger partial charge in [0, 0.05) is 18.7 Å². The molecule has 1 aromatic rings. The van der Waals surface area contributed by atoms with Crippen LogP contribution in [0.2, 0.25) is 0 Å². The lowest BCUT2D eigenvalue weighted by Crippen LogP contribution is -2.10. The van der Waals surface area contributed by atoms with Gasteiger partial charge < -0.3 is 15.2 Å².